The molecule has 0 bridgehead atoms. The first-order chi connectivity index (χ1) is 13.8. The third-order valence-electron chi connectivity index (χ3n) is 6.45. The van der Waals surface area contributed by atoms with Gasteiger partial charge in [0.25, 0.3) is 0 Å². The minimum atomic E-state index is 0.728. The van der Waals surface area contributed by atoms with E-state index in [1.807, 2.05) is 6.92 Å². The van der Waals surface area contributed by atoms with Gasteiger partial charge in [-0.15, -0.1) is 0 Å². The van der Waals surface area contributed by atoms with Gasteiger partial charge >= 0.3 is 0 Å². The summed E-state index contributed by atoms with van der Waals surface area (Å²) in [7, 11) is 0. The fourth-order valence-corrected chi connectivity index (χ4v) is 4.63. The maximum Gasteiger partial charge on any atom is 0.119 e. The van der Waals surface area contributed by atoms with Crippen molar-refractivity contribution in [2.24, 2.45) is 5.92 Å². The van der Waals surface area contributed by atoms with Crippen molar-refractivity contribution < 1.29 is 4.74 Å². The molecule has 0 aromatic heterocycles. The third kappa shape index (κ3) is 6.40. The predicted molar refractivity (Wildman–Crippen MR) is 120 cm³/mol. The number of benzene rings is 2. The van der Waals surface area contributed by atoms with Crippen LogP contribution in [0.25, 0.3) is 0 Å². The molecule has 0 atom stereocenters. The Morgan fingerprint density at radius 1 is 0.750 bits per heavy atom. The number of aryl methyl sites for hydroxylation is 2. The molecule has 1 aliphatic carbocycles. The van der Waals surface area contributed by atoms with Gasteiger partial charge in [0.2, 0.25) is 0 Å². The first-order valence-electron chi connectivity index (χ1n) is 11.6. The van der Waals surface area contributed by atoms with Gasteiger partial charge in [0.15, 0.2) is 0 Å². The summed E-state index contributed by atoms with van der Waals surface area (Å²) in [6.07, 6.45) is 13.5. The fourth-order valence-electron chi connectivity index (χ4n) is 4.63. The second-order valence-corrected chi connectivity index (χ2v) is 8.53. The van der Waals surface area contributed by atoms with Crippen molar-refractivity contribution in [3.8, 4) is 5.75 Å². The summed E-state index contributed by atoms with van der Waals surface area (Å²) in [6.45, 7) is 5.06. The number of ether oxygens (including phenoxy) is 1. The Bertz CT molecular complexity index is 662. The molecule has 2 aromatic rings. The lowest BCUT2D eigenvalue weighted by atomic mass is 9.77. The van der Waals surface area contributed by atoms with Crippen LogP contribution in [0.1, 0.15) is 87.8 Å². The first kappa shape index (κ1) is 21.0. The highest BCUT2D eigenvalue weighted by atomic mass is 16.5. The van der Waals surface area contributed by atoms with Gasteiger partial charge in [-0.3, -0.25) is 0 Å². The average Bonchev–Trinajstić information content (AvgIpc) is 2.75. The molecule has 0 spiro atoms. The predicted octanol–water partition coefficient (Wildman–Crippen LogP) is 7.72. The molecule has 2 aromatic carbocycles. The molecule has 0 aliphatic heterocycles. The van der Waals surface area contributed by atoms with Crippen LogP contribution in [-0.4, -0.2) is 6.61 Å². The molecule has 1 aliphatic rings. The van der Waals surface area contributed by atoms with Crippen LogP contribution >= 0.6 is 0 Å². The van der Waals surface area contributed by atoms with E-state index in [-0.39, 0.29) is 0 Å². The van der Waals surface area contributed by atoms with Gasteiger partial charge < -0.3 is 4.74 Å². The molecule has 3 rings (SSSR count). The molecule has 1 nitrogen and oxygen atoms in total. The lowest BCUT2D eigenvalue weighted by molar-refractivity contribution is 0.303. The monoisotopic (exact) mass is 378 g/mol. The Labute approximate surface area is 172 Å². The number of rotatable bonds is 10. The molecule has 0 amide bonds. The molecule has 0 saturated heterocycles. The molecular weight excluding hydrogens is 340 g/mol. The molecule has 28 heavy (non-hydrogen) atoms. The maximum absolute atomic E-state index is 5.53. The van der Waals surface area contributed by atoms with Crippen molar-refractivity contribution in [1.29, 1.82) is 0 Å². The van der Waals surface area contributed by atoms with E-state index in [0.29, 0.717) is 0 Å². The lowest BCUT2D eigenvalue weighted by Crippen LogP contribution is -2.13. The van der Waals surface area contributed by atoms with E-state index in [1.54, 1.807) is 5.56 Å². The van der Waals surface area contributed by atoms with Crippen LogP contribution in [0.3, 0.4) is 0 Å². The molecule has 0 unspecified atom stereocenters. The van der Waals surface area contributed by atoms with Gasteiger partial charge in [0, 0.05) is 0 Å². The van der Waals surface area contributed by atoms with Gasteiger partial charge in [-0.25, -0.2) is 0 Å². The average molecular weight is 379 g/mol. The van der Waals surface area contributed by atoms with Gasteiger partial charge in [-0.1, -0.05) is 69.0 Å². The Morgan fingerprint density at radius 2 is 1.36 bits per heavy atom. The van der Waals surface area contributed by atoms with Crippen LogP contribution in [0.2, 0.25) is 0 Å². The van der Waals surface area contributed by atoms with Gasteiger partial charge in [-0.2, -0.15) is 0 Å². The van der Waals surface area contributed by atoms with Gasteiger partial charge in [0.05, 0.1) is 6.61 Å². The molecule has 1 saturated carbocycles. The zero-order valence-electron chi connectivity index (χ0n) is 18.0. The van der Waals surface area contributed by atoms with Crippen molar-refractivity contribution >= 4 is 0 Å². The highest BCUT2D eigenvalue weighted by molar-refractivity contribution is 5.29. The van der Waals surface area contributed by atoms with Crippen LogP contribution in [0.15, 0.2) is 48.5 Å². The first-order valence-corrected chi connectivity index (χ1v) is 11.6. The third-order valence-corrected chi connectivity index (χ3v) is 6.45. The van der Waals surface area contributed by atoms with Crippen molar-refractivity contribution in [2.45, 2.75) is 84.0 Å². The zero-order valence-corrected chi connectivity index (χ0v) is 18.0. The Kier molecular flexibility index (Phi) is 8.45. The topological polar surface area (TPSA) is 9.23 Å². The second-order valence-electron chi connectivity index (χ2n) is 8.53. The smallest absolute Gasteiger partial charge is 0.119 e. The van der Waals surface area contributed by atoms with Crippen LogP contribution < -0.4 is 4.74 Å². The molecule has 0 radical (unpaired) electrons. The van der Waals surface area contributed by atoms with Crippen LogP contribution in [0.5, 0.6) is 5.75 Å². The fraction of sp³-hybridized carbons (Fsp3) is 0.556. The van der Waals surface area contributed by atoms with E-state index in [2.05, 4.69) is 55.5 Å². The second kappa shape index (κ2) is 11.3. The van der Waals surface area contributed by atoms with E-state index in [1.165, 1.54) is 62.5 Å². The van der Waals surface area contributed by atoms with Crippen molar-refractivity contribution in [2.75, 3.05) is 6.61 Å². The summed E-state index contributed by atoms with van der Waals surface area (Å²) in [5.41, 5.74) is 4.40. The molecular formula is C27H38O. The Hall–Kier alpha value is -1.76. The quantitative estimate of drug-likeness (QED) is 0.384. The minimum absolute atomic E-state index is 0.728. The van der Waals surface area contributed by atoms with Crippen molar-refractivity contribution in [3.05, 3.63) is 65.2 Å². The minimum Gasteiger partial charge on any atom is -0.494 e. The molecule has 152 valence electrons. The van der Waals surface area contributed by atoms with Crippen molar-refractivity contribution in [3.63, 3.8) is 0 Å². The number of hydrogen-bond donors (Lipinski definition) is 0. The largest absolute Gasteiger partial charge is 0.494 e. The standard InChI is InChI=1S/C27H38O/c1-3-5-6-7-22-10-16-25(17-11-22)26-18-12-23(13-19-26)8-9-24-14-20-27(21-15-24)28-4-2/h12-15,18-22,25H,3-11,16-17H2,1-2H3. The van der Waals surface area contributed by atoms with Gasteiger partial charge in [0.1, 0.15) is 5.75 Å². The van der Waals surface area contributed by atoms with Gasteiger partial charge in [-0.05, 0) is 86.1 Å². The highest BCUT2D eigenvalue weighted by Gasteiger charge is 2.21. The van der Waals surface area contributed by atoms with E-state index in [4.69, 9.17) is 4.74 Å². The molecule has 1 heteroatoms. The number of hydrogen-bond acceptors (Lipinski definition) is 1. The highest BCUT2D eigenvalue weighted by Crippen LogP contribution is 2.37. The zero-order chi connectivity index (χ0) is 19.6. The number of unbranched alkanes of at least 4 members (excludes halogenated alkanes) is 2. The normalized spacial score (nSPS) is 19.5. The summed E-state index contributed by atoms with van der Waals surface area (Å²) < 4.78 is 5.53. The van der Waals surface area contributed by atoms with Crippen LogP contribution in [0.4, 0.5) is 0 Å². The lowest BCUT2D eigenvalue weighted by Gasteiger charge is -2.29. The Balaban J connectivity index is 1.43. The molecule has 0 heterocycles. The van der Waals surface area contributed by atoms with E-state index >= 15 is 0 Å². The van der Waals surface area contributed by atoms with E-state index in [0.717, 1.165) is 37.0 Å². The molecule has 0 N–H and O–H groups in total. The van der Waals surface area contributed by atoms with E-state index < -0.39 is 0 Å². The summed E-state index contributed by atoms with van der Waals surface area (Å²) in [5.74, 6) is 2.76. The maximum atomic E-state index is 5.53. The van der Waals surface area contributed by atoms with Crippen LogP contribution in [-0.2, 0) is 12.8 Å². The summed E-state index contributed by atoms with van der Waals surface area (Å²) in [6, 6.07) is 18.1. The van der Waals surface area contributed by atoms with E-state index in [9.17, 15) is 0 Å². The van der Waals surface area contributed by atoms with Crippen molar-refractivity contribution in [1.82, 2.24) is 0 Å². The SMILES string of the molecule is CCCCCC1CCC(c2ccc(CCc3ccc(OCC)cc3)cc2)CC1. The summed E-state index contributed by atoms with van der Waals surface area (Å²) in [5, 5.41) is 0. The van der Waals surface area contributed by atoms with Crippen LogP contribution in [0, 0.1) is 5.92 Å². The Morgan fingerprint density at radius 3 is 1.93 bits per heavy atom. The molecule has 1 fully saturated rings. The summed E-state index contributed by atoms with van der Waals surface area (Å²) in [4.78, 5) is 0. The summed E-state index contributed by atoms with van der Waals surface area (Å²) >= 11 is 0.